The highest BCUT2D eigenvalue weighted by atomic mass is 32.2. The summed E-state index contributed by atoms with van der Waals surface area (Å²) in [7, 11) is -3.83. The molecule has 1 amide bonds. The molecule has 4 rings (SSSR count). The van der Waals surface area contributed by atoms with Gasteiger partial charge in [0, 0.05) is 32.2 Å². The molecule has 1 saturated carbocycles. The monoisotopic (exact) mass is 492 g/mol. The molecule has 2 fully saturated rings. The van der Waals surface area contributed by atoms with Gasteiger partial charge >= 0.3 is 0 Å². The Morgan fingerprint density at radius 2 is 1.85 bits per heavy atom. The number of thiazole rings is 1. The first-order valence-electron chi connectivity index (χ1n) is 12.2. The minimum Gasteiger partial charge on any atom is -0.339 e. The highest BCUT2D eigenvalue weighted by Gasteiger charge is 2.33. The lowest BCUT2D eigenvalue weighted by Crippen LogP contribution is -2.56. The molecule has 9 heteroatoms. The molecule has 1 aliphatic heterocycles. The number of aromatic nitrogens is 1. The van der Waals surface area contributed by atoms with Crippen LogP contribution in [0, 0.1) is 12.8 Å². The van der Waals surface area contributed by atoms with Gasteiger partial charge in [0.05, 0.1) is 20.1 Å². The van der Waals surface area contributed by atoms with Crippen LogP contribution in [0.15, 0.2) is 23.1 Å². The molecule has 0 radical (unpaired) electrons. The van der Waals surface area contributed by atoms with E-state index in [0.717, 1.165) is 28.3 Å². The van der Waals surface area contributed by atoms with Crippen LogP contribution in [0.5, 0.6) is 0 Å². The zero-order chi connectivity index (χ0) is 23.6. The minimum absolute atomic E-state index is 0.106. The predicted molar refractivity (Wildman–Crippen MR) is 133 cm³/mol. The number of hydrogen-bond acceptors (Lipinski definition) is 6. The number of nitrogens with zero attached hydrogens (tertiary/aromatic N) is 3. The molecule has 0 spiro atoms. The first-order valence-corrected chi connectivity index (χ1v) is 14.5. The molecular weight excluding hydrogens is 456 g/mol. The van der Waals surface area contributed by atoms with Crippen molar-refractivity contribution in [2.45, 2.75) is 76.3 Å². The Bertz CT molecular complexity index is 1070. The number of sulfonamides is 1. The lowest BCUT2D eigenvalue weighted by Gasteiger charge is -2.41. The van der Waals surface area contributed by atoms with Crippen molar-refractivity contribution in [3.63, 3.8) is 0 Å². The van der Waals surface area contributed by atoms with Crippen molar-refractivity contribution < 1.29 is 13.2 Å². The Kier molecular flexibility index (Phi) is 7.73. The third-order valence-corrected chi connectivity index (χ3v) is 9.20. The van der Waals surface area contributed by atoms with Gasteiger partial charge in [-0.2, -0.15) is 4.72 Å². The van der Waals surface area contributed by atoms with Crippen molar-refractivity contribution in [1.82, 2.24) is 19.5 Å². The molecule has 1 aromatic heterocycles. The second-order valence-electron chi connectivity index (χ2n) is 9.82. The zero-order valence-corrected chi connectivity index (χ0v) is 21.6. The number of benzene rings is 1. The van der Waals surface area contributed by atoms with Crippen LogP contribution in [0.4, 0.5) is 0 Å². The quantitative estimate of drug-likeness (QED) is 0.636. The maximum atomic E-state index is 13.4. The molecule has 1 aliphatic carbocycles. The van der Waals surface area contributed by atoms with Gasteiger partial charge < -0.3 is 4.90 Å². The molecule has 2 aliphatic rings. The summed E-state index contributed by atoms with van der Waals surface area (Å²) < 4.78 is 30.0. The van der Waals surface area contributed by atoms with Crippen LogP contribution in [0.2, 0.25) is 0 Å². The van der Waals surface area contributed by atoms with E-state index in [2.05, 4.69) is 14.6 Å². The van der Waals surface area contributed by atoms with Crippen LogP contribution in [0.3, 0.4) is 0 Å². The predicted octanol–water partition coefficient (Wildman–Crippen LogP) is 3.77. The zero-order valence-electron chi connectivity index (χ0n) is 19.9. The van der Waals surface area contributed by atoms with Crippen LogP contribution >= 0.6 is 11.3 Å². The lowest BCUT2D eigenvalue weighted by molar-refractivity contribution is -0.135. The summed E-state index contributed by atoms with van der Waals surface area (Å²) >= 11 is 1.47. The number of aryl methyl sites for hydroxylation is 1. The summed E-state index contributed by atoms with van der Waals surface area (Å²) in [4.78, 5) is 22.4. The van der Waals surface area contributed by atoms with Gasteiger partial charge in [0.25, 0.3) is 0 Å². The summed E-state index contributed by atoms with van der Waals surface area (Å²) in [6, 6.07) is 4.85. The van der Waals surface area contributed by atoms with Gasteiger partial charge in [-0.05, 0) is 50.3 Å². The third-order valence-electron chi connectivity index (χ3n) is 6.80. The van der Waals surface area contributed by atoms with Gasteiger partial charge in [-0.25, -0.2) is 13.4 Å². The summed E-state index contributed by atoms with van der Waals surface area (Å²) in [5, 5.41) is 0.896. The average Bonchev–Trinajstić information content (AvgIpc) is 3.17. The Labute approximate surface area is 201 Å². The van der Waals surface area contributed by atoms with E-state index < -0.39 is 16.1 Å². The van der Waals surface area contributed by atoms with Crippen LogP contribution in [0.1, 0.15) is 57.4 Å². The Morgan fingerprint density at radius 3 is 2.52 bits per heavy atom. The highest BCUT2D eigenvalue weighted by Crippen LogP contribution is 2.26. The highest BCUT2D eigenvalue weighted by molar-refractivity contribution is 7.89. The molecule has 1 N–H and O–H groups in total. The molecule has 1 aromatic carbocycles. The summed E-state index contributed by atoms with van der Waals surface area (Å²) in [5.41, 5.74) is 0.794. The smallest absolute Gasteiger partial charge is 0.241 e. The normalized spacial score (nSPS) is 19.9. The molecule has 2 heterocycles. The number of carbonyl (C=O) groups excluding carboxylic acids is 1. The van der Waals surface area contributed by atoms with Crippen molar-refractivity contribution in [2.75, 3.05) is 26.2 Å². The second-order valence-corrected chi connectivity index (χ2v) is 12.8. The number of nitrogens with one attached hydrogen (secondary N) is 1. The van der Waals surface area contributed by atoms with E-state index in [0.29, 0.717) is 25.6 Å². The van der Waals surface area contributed by atoms with Crippen molar-refractivity contribution in [2.24, 2.45) is 5.92 Å². The molecule has 33 heavy (non-hydrogen) atoms. The third kappa shape index (κ3) is 5.93. The lowest BCUT2D eigenvalue weighted by atomic mass is 9.93. The van der Waals surface area contributed by atoms with Crippen LogP contribution in [-0.2, 0) is 14.8 Å². The van der Waals surface area contributed by atoms with Crippen LogP contribution in [-0.4, -0.2) is 67.4 Å². The molecule has 0 bridgehead atoms. The van der Waals surface area contributed by atoms with Crippen molar-refractivity contribution >= 4 is 37.5 Å². The molecular formula is C24H36N4O3S2. The maximum Gasteiger partial charge on any atom is 0.241 e. The SMILES string of the molecule is Cc1nc2ccc(S(=O)(=O)N[C@@H](CC(C)C)C(=O)N3CCN(C4CCCCC4)CC3)cc2s1. The van der Waals surface area contributed by atoms with Gasteiger partial charge in [-0.15, -0.1) is 11.3 Å². The largest absolute Gasteiger partial charge is 0.339 e. The molecule has 7 nitrogen and oxygen atoms in total. The molecule has 1 atom stereocenters. The van der Waals surface area contributed by atoms with Crippen molar-refractivity contribution in [1.29, 1.82) is 0 Å². The number of piperazine rings is 1. The number of hydrogen-bond donors (Lipinski definition) is 1. The number of rotatable bonds is 7. The van der Waals surface area contributed by atoms with E-state index in [1.165, 1.54) is 43.4 Å². The van der Waals surface area contributed by atoms with Gasteiger partial charge in [-0.1, -0.05) is 33.1 Å². The Hall–Kier alpha value is -1.55. The fourth-order valence-corrected chi connectivity index (χ4v) is 7.26. The summed E-state index contributed by atoms with van der Waals surface area (Å²) in [5.74, 6) is 0.0853. The second kappa shape index (κ2) is 10.4. The minimum atomic E-state index is -3.83. The summed E-state index contributed by atoms with van der Waals surface area (Å²) in [6.07, 6.45) is 6.93. The van der Waals surface area contributed by atoms with Crippen molar-refractivity contribution in [3.05, 3.63) is 23.2 Å². The first-order chi connectivity index (χ1) is 15.7. The average molecular weight is 493 g/mol. The Balaban J connectivity index is 1.45. The summed E-state index contributed by atoms with van der Waals surface area (Å²) in [6.45, 7) is 9.01. The number of carbonyl (C=O) groups is 1. The Morgan fingerprint density at radius 1 is 1.15 bits per heavy atom. The number of amides is 1. The van der Waals surface area contributed by atoms with Gasteiger partial charge in [-0.3, -0.25) is 9.69 Å². The van der Waals surface area contributed by atoms with Crippen molar-refractivity contribution in [3.8, 4) is 0 Å². The van der Waals surface area contributed by atoms with E-state index in [1.54, 1.807) is 18.2 Å². The standard InChI is InChI=1S/C24H36N4O3S2/c1-17(2)15-22(24(29)28-13-11-27(12-14-28)19-7-5-4-6-8-19)26-33(30,31)20-9-10-21-23(16-20)32-18(3)25-21/h9-10,16-17,19,22,26H,4-8,11-15H2,1-3H3/t22-/m0/s1. The molecule has 0 unspecified atom stereocenters. The van der Waals surface area contributed by atoms with E-state index >= 15 is 0 Å². The van der Waals surface area contributed by atoms with Gasteiger partial charge in [0.1, 0.15) is 6.04 Å². The van der Waals surface area contributed by atoms with E-state index in [1.807, 2.05) is 25.7 Å². The van der Waals surface area contributed by atoms with E-state index in [-0.39, 0.29) is 16.7 Å². The van der Waals surface area contributed by atoms with Gasteiger partial charge in [0.15, 0.2) is 0 Å². The fourth-order valence-electron chi connectivity index (χ4n) is 5.09. The first kappa shape index (κ1) is 24.6. The number of fused-ring (bicyclic) bond motifs is 1. The fraction of sp³-hybridized carbons (Fsp3) is 0.667. The van der Waals surface area contributed by atoms with E-state index in [9.17, 15) is 13.2 Å². The van der Waals surface area contributed by atoms with Gasteiger partial charge in [0.2, 0.25) is 15.9 Å². The van der Waals surface area contributed by atoms with Crippen LogP contribution < -0.4 is 4.72 Å². The molecule has 182 valence electrons. The topological polar surface area (TPSA) is 82.6 Å². The van der Waals surface area contributed by atoms with E-state index in [4.69, 9.17) is 0 Å². The molecule has 1 saturated heterocycles. The molecule has 2 aromatic rings. The maximum absolute atomic E-state index is 13.4. The van der Waals surface area contributed by atoms with Crippen LogP contribution in [0.25, 0.3) is 10.2 Å².